The smallest absolute Gasteiger partial charge is 0.226 e. The Balaban J connectivity index is 0.00000210. The van der Waals surface area contributed by atoms with Crippen molar-refractivity contribution in [2.75, 3.05) is 6.54 Å². The van der Waals surface area contributed by atoms with Crippen LogP contribution in [0.2, 0.25) is 5.02 Å². The zero-order valence-electron chi connectivity index (χ0n) is 15.4. The maximum Gasteiger partial charge on any atom is 0.226 e. The van der Waals surface area contributed by atoms with Gasteiger partial charge in [0.25, 0.3) is 0 Å². The van der Waals surface area contributed by atoms with Crippen LogP contribution in [0.15, 0.2) is 42.7 Å². The molecule has 0 spiro atoms. The minimum Gasteiger partial charge on any atom is -0.339 e. The fraction of sp³-hybridized carbons (Fsp3) is 0.455. The number of rotatable bonds is 4. The summed E-state index contributed by atoms with van der Waals surface area (Å²) in [7, 11) is 0. The van der Waals surface area contributed by atoms with Crippen molar-refractivity contribution in [3.63, 3.8) is 0 Å². The summed E-state index contributed by atoms with van der Waals surface area (Å²) in [6.07, 6.45) is 11.5. The van der Waals surface area contributed by atoms with Crippen LogP contribution in [0.4, 0.5) is 0 Å². The van der Waals surface area contributed by atoms with Crippen LogP contribution in [0, 0.1) is 5.92 Å². The van der Waals surface area contributed by atoms with E-state index in [0.717, 1.165) is 41.1 Å². The van der Waals surface area contributed by atoms with E-state index in [4.69, 9.17) is 11.6 Å². The lowest BCUT2D eigenvalue weighted by molar-refractivity contribution is -0.133. The predicted octanol–water partition coefficient (Wildman–Crippen LogP) is 5.55. The molecule has 1 atom stereocenters. The van der Waals surface area contributed by atoms with Gasteiger partial charge in [0.05, 0.1) is 0 Å². The number of likely N-dealkylation sites (tertiary alicyclic amines) is 1. The van der Waals surface area contributed by atoms with E-state index in [1.54, 1.807) is 12.4 Å². The molecule has 1 aliphatic carbocycles. The summed E-state index contributed by atoms with van der Waals surface area (Å²) >= 11 is 6.55. The summed E-state index contributed by atoms with van der Waals surface area (Å²) in [6, 6.07) is 10.6. The van der Waals surface area contributed by atoms with E-state index in [9.17, 15) is 4.79 Å². The van der Waals surface area contributed by atoms with Crippen molar-refractivity contribution in [3.05, 3.63) is 53.3 Å². The van der Waals surface area contributed by atoms with Gasteiger partial charge >= 0.3 is 0 Å². The maximum absolute atomic E-state index is 12.9. The highest BCUT2D eigenvalue weighted by Gasteiger charge is 2.36. The molecule has 0 radical (unpaired) electrons. The number of pyridine rings is 1. The zero-order chi connectivity index (χ0) is 17.9. The second-order valence-corrected chi connectivity index (χ2v) is 7.96. The highest BCUT2D eigenvalue weighted by molar-refractivity contribution is 6.31. The molecule has 144 valence electrons. The minimum atomic E-state index is 0. The fourth-order valence-corrected chi connectivity index (χ4v) is 4.67. The standard InChI is InChI=1S/C22H25ClN2O.ClH/c23-21-15-17(16-8-11-24-12-9-16)6-7-18(21)14-19-10-13-25(22(19)26)20-4-2-1-3-5-20;/h6-9,11-12,15,19-20H,1-5,10,13-14H2;1H. The van der Waals surface area contributed by atoms with Crippen molar-refractivity contribution in [1.29, 1.82) is 0 Å². The number of carbonyl (C=O) groups is 1. The van der Waals surface area contributed by atoms with E-state index in [2.05, 4.69) is 22.0 Å². The lowest BCUT2D eigenvalue weighted by Gasteiger charge is -2.31. The van der Waals surface area contributed by atoms with E-state index in [1.165, 1.54) is 32.1 Å². The molecule has 1 saturated carbocycles. The molecule has 1 amide bonds. The number of nitrogens with zero attached hydrogens (tertiary/aromatic N) is 2. The first-order valence-electron chi connectivity index (χ1n) is 9.71. The van der Waals surface area contributed by atoms with Gasteiger partial charge in [0.15, 0.2) is 0 Å². The molecule has 2 aliphatic rings. The number of hydrogen-bond donors (Lipinski definition) is 0. The van der Waals surface area contributed by atoms with E-state index in [-0.39, 0.29) is 18.3 Å². The molecule has 1 saturated heterocycles. The van der Waals surface area contributed by atoms with Gasteiger partial charge in [0.2, 0.25) is 5.91 Å². The lowest BCUT2D eigenvalue weighted by Crippen LogP contribution is -2.39. The first-order chi connectivity index (χ1) is 12.7. The Morgan fingerprint density at radius 3 is 2.44 bits per heavy atom. The second-order valence-electron chi connectivity index (χ2n) is 7.56. The Morgan fingerprint density at radius 1 is 1.00 bits per heavy atom. The van der Waals surface area contributed by atoms with Crippen LogP contribution >= 0.6 is 24.0 Å². The van der Waals surface area contributed by atoms with E-state index < -0.39 is 0 Å². The van der Waals surface area contributed by atoms with Crippen molar-refractivity contribution >= 4 is 29.9 Å². The number of benzene rings is 1. The van der Waals surface area contributed by atoms with Gasteiger partial charge in [0.1, 0.15) is 0 Å². The Kier molecular flexibility index (Phi) is 6.78. The predicted molar refractivity (Wildman–Crippen MR) is 112 cm³/mol. The summed E-state index contributed by atoms with van der Waals surface area (Å²) in [5.41, 5.74) is 3.27. The Labute approximate surface area is 172 Å². The maximum atomic E-state index is 12.9. The molecule has 2 fully saturated rings. The van der Waals surface area contributed by atoms with Crippen LogP contribution in [-0.4, -0.2) is 28.4 Å². The highest BCUT2D eigenvalue weighted by Crippen LogP contribution is 2.32. The molecule has 1 unspecified atom stereocenters. The van der Waals surface area contributed by atoms with Crippen molar-refractivity contribution in [2.45, 2.75) is 51.0 Å². The molecular formula is C22H26Cl2N2O. The topological polar surface area (TPSA) is 33.2 Å². The Hall–Kier alpha value is -1.58. The normalized spacial score (nSPS) is 20.6. The highest BCUT2D eigenvalue weighted by atomic mass is 35.5. The third kappa shape index (κ3) is 4.47. The Bertz CT molecular complexity index is 775. The minimum absolute atomic E-state index is 0. The molecule has 1 aromatic heterocycles. The molecule has 4 rings (SSSR count). The van der Waals surface area contributed by atoms with Crippen molar-refractivity contribution in [1.82, 2.24) is 9.88 Å². The largest absolute Gasteiger partial charge is 0.339 e. The van der Waals surface area contributed by atoms with Crippen molar-refractivity contribution in [3.8, 4) is 11.1 Å². The van der Waals surface area contributed by atoms with E-state index in [0.29, 0.717) is 11.9 Å². The molecule has 27 heavy (non-hydrogen) atoms. The van der Waals surface area contributed by atoms with Crippen LogP contribution in [0.1, 0.15) is 44.1 Å². The van der Waals surface area contributed by atoms with Crippen molar-refractivity contribution in [2.24, 2.45) is 5.92 Å². The third-order valence-electron chi connectivity index (χ3n) is 5.90. The van der Waals surface area contributed by atoms with Gasteiger partial charge in [0, 0.05) is 35.9 Å². The zero-order valence-corrected chi connectivity index (χ0v) is 17.0. The average molecular weight is 405 g/mol. The molecule has 2 heterocycles. The summed E-state index contributed by atoms with van der Waals surface area (Å²) in [5.74, 6) is 0.423. The van der Waals surface area contributed by atoms with Crippen molar-refractivity contribution < 1.29 is 4.79 Å². The quantitative estimate of drug-likeness (QED) is 0.669. The number of aromatic nitrogens is 1. The van der Waals surface area contributed by atoms with Gasteiger partial charge in [-0.25, -0.2) is 0 Å². The molecule has 5 heteroatoms. The molecular weight excluding hydrogens is 379 g/mol. The fourth-order valence-electron chi connectivity index (χ4n) is 4.41. The van der Waals surface area contributed by atoms with E-state index in [1.807, 2.05) is 18.2 Å². The third-order valence-corrected chi connectivity index (χ3v) is 6.25. The van der Waals surface area contributed by atoms with Gasteiger partial charge in [-0.05, 0) is 60.6 Å². The van der Waals surface area contributed by atoms with Gasteiger partial charge in [-0.1, -0.05) is 43.0 Å². The van der Waals surface area contributed by atoms with Crippen LogP contribution in [0.5, 0.6) is 0 Å². The molecule has 2 aromatic rings. The molecule has 1 aliphatic heterocycles. The number of carbonyl (C=O) groups excluding carboxylic acids is 1. The monoisotopic (exact) mass is 404 g/mol. The number of hydrogen-bond acceptors (Lipinski definition) is 2. The molecule has 0 bridgehead atoms. The van der Waals surface area contributed by atoms with Crippen LogP contribution in [0.25, 0.3) is 11.1 Å². The van der Waals surface area contributed by atoms with Crippen LogP contribution < -0.4 is 0 Å². The first-order valence-corrected chi connectivity index (χ1v) is 10.1. The summed E-state index contributed by atoms with van der Waals surface area (Å²) in [6.45, 7) is 0.918. The average Bonchev–Trinajstić information content (AvgIpc) is 3.05. The van der Waals surface area contributed by atoms with Gasteiger partial charge < -0.3 is 4.90 Å². The SMILES string of the molecule is Cl.O=C1C(Cc2ccc(-c3ccncc3)cc2Cl)CCN1C1CCCCC1. The summed E-state index contributed by atoms with van der Waals surface area (Å²) in [5, 5.41) is 0.753. The number of halogens is 2. The molecule has 1 aromatic carbocycles. The molecule has 3 nitrogen and oxygen atoms in total. The van der Waals surface area contributed by atoms with E-state index >= 15 is 0 Å². The lowest BCUT2D eigenvalue weighted by atomic mass is 9.93. The number of amides is 1. The van der Waals surface area contributed by atoms with Crippen LogP contribution in [0.3, 0.4) is 0 Å². The van der Waals surface area contributed by atoms with Gasteiger partial charge in [-0.15, -0.1) is 12.4 Å². The summed E-state index contributed by atoms with van der Waals surface area (Å²) < 4.78 is 0. The van der Waals surface area contributed by atoms with Gasteiger partial charge in [-0.3, -0.25) is 9.78 Å². The molecule has 0 N–H and O–H groups in total. The van der Waals surface area contributed by atoms with Gasteiger partial charge in [-0.2, -0.15) is 0 Å². The van der Waals surface area contributed by atoms with Crippen LogP contribution in [-0.2, 0) is 11.2 Å². The Morgan fingerprint density at radius 2 is 1.74 bits per heavy atom. The second kappa shape index (κ2) is 9.07. The first kappa shape index (κ1) is 20.2. The summed E-state index contributed by atoms with van der Waals surface area (Å²) in [4.78, 5) is 19.1.